The largest absolute Gasteiger partial charge is 0.493 e. The van der Waals surface area contributed by atoms with Crippen LogP contribution in [0.3, 0.4) is 0 Å². The summed E-state index contributed by atoms with van der Waals surface area (Å²) in [5, 5.41) is 14.9. The quantitative estimate of drug-likeness (QED) is 0.887. The summed E-state index contributed by atoms with van der Waals surface area (Å²) in [6.45, 7) is 4.59. The van der Waals surface area contributed by atoms with Gasteiger partial charge >= 0.3 is 0 Å². The summed E-state index contributed by atoms with van der Waals surface area (Å²) in [6, 6.07) is 5.66. The molecule has 114 valence electrons. The lowest BCUT2D eigenvalue weighted by molar-refractivity contribution is 0.0575. The minimum atomic E-state index is -0.979. The molecule has 0 bridgehead atoms. The number of aromatic nitrogens is 2. The molecule has 2 rings (SSSR count). The monoisotopic (exact) mass is 290 g/mol. The number of methoxy groups -OCH3 is 2. The van der Waals surface area contributed by atoms with E-state index in [2.05, 4.69) is 5.10 Å². The first-order valence-electron chi connectivity index (χ1n) is 6.96. The topological polar surface area (TPSA) is 56.5 Å². The molecule has 21 heavy (non-hydrogen) atoms. The number of benzene rings is 1. The van der Waals surface area contributed by atoms with Gasteiger partial charge in [0.2, 0.25) is 0 Å². The second-order valence-corrected chi connectivity index (χ2v) is 5.22. The Hall–Kier alpha value is -2.01. The summed E-state index contributed by atoms with van der Waals surface area (Å²) in [5.41, 5.74) is 0.800. The Balaban J connectivity index is 2.23. The van der Waals surface area contributed by atoms with Crippen LogP contribution >= 0.6 is 0 Å². The molecule has 0 saturated carbocycles. The van der Waals surface area contributed by atoms with Crippen LogP contribution in [-0.2, 0) is 18.6 Å². The molecule has 0 amide bonds. The summed E-state index contributed by atoms with van der Waals surface area (Å²) in [6.07, 6.45) is 4.06. The minimum Gasteiger partial charge on any atom is -0.493 e. The smallest absolute Gasteiger partial charge is 0.160 e. The van der Waals surface area contributed by atoms with E-state index < -0.39 is 5.60 Å². The summed E-state index contributed by atoms with van der Waals surface area (Å²) in [7, 11) is 3.21. The number of hydrogen-bond acceptors (Lipinski definition) is 4. The maximum absolute atomic E-state index is 10.7. The number of hydrogen-bond donors (Lipinski definition) is 1. The molecule has 2 aromatic rings. The van der Waals surface area contributed by atoms with Crippen molar-refractivity contribution in [1.29, 1.82) is 0 Å². The molecule has 5 nitrogen and oxygen atoms in total. The Morgan fingerprint density at radius 3 is 2.52 bits per heavy atom. The van der Waals surface area contributed by atoms with E-state index in [-0.39, 0.29) is 0 Å². The van der Waals surface area contributed by atoms with Gasteiger partial charge in [-0.1, -0.05) is 6.07 Å². The molecule has 1 aromatic heterocycles. The highest BCUT2D eigenvalue weighted by Crippen LogP contribution is 2.31. The van der Waals surface area contributed by atoms with Crippen LogP contribution in [0.15, 0.2) is 30.6 Å². The van der Waals surface area contributed by atoms with Gasteiger partial charge in [-0.05, 0) is 31.5 Å². The van der Waals surface area contributed by atoms with Gasteiger partial charge in [0.25, 0.3) is 0 Å². The fraction of sp³-hybridized carbons (Fsp3) is 0.438. The van der Waals surface area contributed by atoms with E-state index in [0.29, 0.717) is 17.9 Å². The van der Waals surface area contributed by atoms with Crippen LogP contribution in [0.25, 0.3) is 0 Å². The molecule has 0 fully saturated rings. The number of ether oxygens (including phenoxy) is 2. The Labute approximate surface area is 125 Å². The molecule has 0 aliphatic heterocycles. The van der Waals surface area contributed by atoms with Crippen LogP contribution in [0, 0.1) is 0 Å². The fourth-order valence-corrected chi connectivity index (χ4v) is 2.30. The molecule has 0 saturated heterocycles. The van der Waals surface area contributed by atoms with Crippen molar-refractivity contribution in [3.05, 3.63) is 41.7 Å². The third-order valence-corrected chi connectivity index (χ3v) is 3.58. The van der Waals surface area contributed by atoms with Crippen molar-refractivity contribution in [2.24, 2.45) is 0 Å². The fourth-order valence-electron chi connectivity index (χ4n) is 2.30. The van der Waals surface area contributed by atoms with Crippen molar-refractivity contribution >= 4 is 0 Å². The van der Waals surface area contributed by atoms with Gasteiger partial charge < -0.3 is 14.6 Å². The van der Waals surface area contributed by atoms with Gasteiger partial charge in [-0.3, -0.25) is 4.68 Å². The maximum atomic E-state index is 10.7. The lowest BCUT2D eigenvalue weighted by Crippen LogP contribution is -2.23. The second kappa shape index (κ2) is 6.18. The van der Waals surface area contributed by atoms with Gasteiger partial charge in [0.1, 0.15) is 0 Å². The van der Waals surface area contributed by atoms with Crippen molar-refractivity contribution in [3.63, 3.8) is 0 Å². The molecule has 1 unspecified atom stereocenters. The number of rotatable bonds is 6. The third-order valence-electron chi connectivity index (χ3n) is 3.58. The van der Waals surface area contributed by atoms with Gasteiger partial charge in [0, 0.05) is 24.7 Å². The SMILES string of the molecule is CCn1cc(C(C)(O)Cc2ccc(OC)c(OC)c2)cn1. The lowest BCUT2D eigenvalue weighted by Gasteiger charge is -2.22. The van der Waals surface area contributed by atoms with E-state index in [1.807, 2.05) is 31.3 Å². The highest BCUT2D eigenvalue weighted by molar-refractivity contribution is 5.43. The molecule has 0 aliphatic rings. The average Bonchev–Trinajstić information content (AvgIpc) is 2.96. The summed E-state index contributed by atoms with van der Waals surface area (Å²) in [4.78, 5) is 0. The van der Waals surface area contributed by atoms with Crippen LogP contribution in [0.4, 0.5) is 0 Å². The van der Waals surface area contributed by atoms with Gasteiger partial charge in [-0.2, -0.15) is 5.10 Å². The predicted octanol–water partition coefficient (Wildman–Crippen LogP) is 2.37. The maximum Gasteiger partial charge on any atom is 0.160 e. The predicted molar refractivity (Wildman–Crippen MR) is 80.7 cm³/mol. The van der Waals surface area contributed by atoms with Crippen LogP contribution in [0.1, 0.15) is 25.0 Å². The minimum absolute atomic E-state index is 0.475. The van der Waals surface area contributed by atoms with Crippen molar-refractivity contribution in [2.45, 2.75) is 32.4 Å². The number of aliphatic hydroxyl groups is 1. The summed E-state index contributed by atoms with van der Waals surface area (Å²) < 4.78 is 12.3. The molecule has 0 spiro atoms. The molecular weight excluding hydrogens is 268 g/mol. The van der Waals surface area contributed by atoms with Crippen molar-refractivity contribution < 1.29 is 14.6 Å². The highest BCUT2D eigenvalue weighted by atomic mass is 16.5. The zero-order valence-electron chi connectivity index (χ0n) is 13.0. The van der Waals surface area contributed by atoms with Gasteiger partial charge in [0.05, 0.1) is 26.0 Å². The van der Waals surface area contributed by atoms with Gasteiger partial charge in [0.15, 0.2) is 11.5 Å². The third kappa shape index (κ3) is 3.36. The molecule has 1 N–H and O–H groups in total. The number of nitrogens with zero attached hydrogens (tertiary/aromatic N) is 2. The first kappa shape index (κ1) is 15.4. The van der Waals surface area contributed by atoms with Crippen LogP contribution in [-0.4, -0.2) is 29.1 Å². The molecule has 1 heterocycles. The number of aryl methyl sites for hydroxylation is 1. The lowest BCUT2D eigenvalue weighted by atomic mass is 9.91. The highest BCUT2D eigenvalue weighted by Gasteiger charge is 2.25. The first-order chi connectivity index (χ1) is 10.00. The van der Waals surface area contributed by atoms with Crippen LogP contribution in [0.2, 0.25) is 0 Å². The Kier molecular flexibility index (Phi) is 4.53. The summed E-state index contributed by atoms with van der Waals surface area (Å²) in [5.74, 6) is 1.34. The van der Waals surface area contributed by atoms with Crippen LogP contribution < -0.4 is 9.47 Å². The Morgan fingerprint density at radius 2 is 1.95 bits per heavy atom. The molecule has 5 heteroatoms. The van der Waals surface area contributed by atoms with E-state index in [0.717, 1.165) is 17.7 Å². The van der Waals surface area contributed by atoms with Crippen LogP contribution in [0.5, 0.6) is 11.5 Å². The van der Waals surface area contributed by atoms with Gasteiger partial charge in [-0.15, -0.1) is 0 Å². The zero-order chi connectivity index (χ0) is 15.5. The van der Waals surface area contributed by atoms with Crippen molar-refractivity contribution in [3.8, 4) is 11.5 Å². The average molecular weight is 290 g/mol. The van der Waals surface area contributed by atoms with E-state index in [9.17, 15) is 5.11 Å². The van der Waals surface area contributed by atoms with Crippen molar-refractivity contribution in [2.75, 3.05) is 14.2 Å². The normalized spacial score (nSPS) is 13.8. The molecular formula is C16H22N2O3. The van der Waals surface area contributed by atoms with E-state index >= 15 is 0 Å². The Bertz CT molecular complexity index is 605. The Morgan fingerprint density at radius 1 is 1.24 bits per heavy atom. The zero-order valence-corrected chi connectivity index (χ0v) is 13.0. The van der Waals surface area contributed by atoms with Gasteiger partial charge in [-0.25, -0.2) is 0 Å². The second-order valence-electron chi connectivity index (χ2n) is 5.22. The standard InChI is InChI=1S/C16H22N2O3/c1-5-18-11-13(10-17-18)16(2,19)9-12-6-7-14(20-3)15(8-12)21-4/h6-8,10-11,19H,5,9H2,1-4H3. The molecule has 1 atom stereocenters. The first-order valence-corrected chi connectivity index (χ1v) is 6.96. The van der Waals surface area contributed by atoms with E-state index in [1.165, 1.54) is 0 Å². The molecule has 0 aliphatic carbocycles. The van der Waals surface area contributed by atoms with E-state index in [4.69, 9.17) is 9.47 Å². The summed E-state index contributed by atoms with van der Waals surface area (Å²) >= 11 is 0. The van der Waals surface area contributed by atoms with Crippen molar-refractivity contribution in [1.82, 2.24) is 9.78 Å². The molecule has 0 radical (unpaired) electrons. The molecule has 1 aromatic carbocycles. The van der Waals surface area contributed by atoms with E-state index in [1.54, 1.807) is 32.0 Å².